The van der Waals surface area contributed by atoms with Gasteiger partial charge in [-0.1, -0.05) is 64.9 Å². The lowest BCUT2D eigenvalue weighted by atomic mass is 10.1. The summed E-state index contributed by atoms with van der Waals surface area (Å²) < 4.78 is 0. The molecule has 0 aliphatic rings. The molecule has 0 atom stereocenters. The van der Waals surface area contributed by atoms with Gasteiger partial charge < -0.3 is 0 Å². The molecule has 0 aliphatic carbocycles. The number of aryl methyl sites for hydroxylation is 1. The van der Waals surface area contributed by atoms with Crippen molar-refractivity contribution in [3.05, 3.63) is 99.1 Å². The van der Waals surface area contributed by atoms with Crippen molar-refractivity contribution in [3.8, 4) is 21.7 Å². The highest BCUT2D eigenvalue weighted by molar-refractivity contribution is 7.19. The molecule has 0 unspecified atom stereocenters. The van der Waals surface area contributed by atoms with E-state index in [0.717, 1.165) is 27.3 Å². The van der Waals surface area contributed by atoms with Crippen LogP contribution in [-0.2, 0) is 0 Å². The van der Waals surface area contributed by atoms with Crippen LogP contribution in [0, 0.1) is 17.0 Å². The number of aliphatic imine (C=N–C) groups is 1. The van der Waals surface area contributed by atoms with Gasteiger partial charge in [-0.05, 0) is 42.3 Å². The Bertz CT molecular complexity index is 1220. The molecule has 0 aliphatic heterocycles. The summed E-state index contributed by atoms with van der Waals surface area (Å²) in [6, 6.07) is 22.0. The summed E-state index contributed by atoms with van der Waals surface area (Å²) in [6.45, 7) is 2.04. The van der Waals surface area contributed by atoms with Gasteiger partial charge in [-0.15, -0.1) is 0 Å². The largest absolute Gasteiger partial charge is 0.269 e. The minimum atomic E-state index is -0.409. The summed E-state index contributed by atoms with van der Waals surface area (Å²) in [6.07, 6.45) is 1.78. The summed E-state index contributed by atoms with van der Waals surface area (Å²) in [5.41, 5.74) is 4.74. The molecule has 5 nitrogen and oxygen atoms in total. The molecule has 1 aromatic heterocycles. The van der Waals surface area contributed by atoms with Gasteiger partial charge in [0.25, 0.3) is 5.69 Å². The van der Waals surface area contributed by atoms with Crippen LogP contribution >= 0.6 is 22.9 Å². The molecule has 0 saturated heterocycles. The fourth-order valence-corrected chi connectivity index (χ4v) is 3.94. The van der Waals surface area contributed by atoms with E-state index in [9.17, 15) is 10.1 Å². The maximum atomic E-state index is 11.0. The van der Waals surface area contributed by atoms with Crippen LogP contribution in [0.4, 0.5) is 10.8 Å². The van der Waals surface area contributed by atoms with Crippen molar-refractivity contribution in [2.45, 2.75) is 6.92 Å². The number of halogens is 1. The number of nitro groups is 1. The number of hydrogen-bond donors (Lipinski definition) is 0. The predicted octanol–water partition coefficient (Wildman–Crippen LogP) is 7.10. The molecule has 4 rings (SSSR count). The second-order valence-electron chi connectivity index (χ2n) is 6.65. The maximum absolute atomic E-state index is 11.0. The zero-order valence-corrected chi connectivity index (χ0v) is 17.5. The zero-order chi connectivity index (χ0) is 21.1. The third-order valence-corrected chi connectivity index (χ3v) is 5.74. The van der Waals surface area contributed by atoms with Gasteiger partial charge in [0.15, 0.2) is 0 Å². The molecule has 0 saturated carbocycles. The lowest BCUT2D eigenvalue weighted by molar-refractivity contribution is -0.384. The fraction of sp³-hybridized carbons (Fsp3) is 0.0435. The van der Waals surface area contributed by atoms with Crippen LogP contribution in [0.25, 0.3) is 21.7 Å². The van der Waals surface area contributed by atoms with E-state index in [2.05, 4.69) is 4.99 Å². The van der Waals surface area contributed by atoms with E-state index < -0.39 is 4.92 Å². The van der Waals surface area contributed by atoms with E-state index in [-0.39, 0.29) is 5.69 Å². The van der Waals surface area contributed by atoms with Gasteiger partial charge in [0, 0.05) is 28.9 Å². The maximum Gasteiger partial charge on any atom is 0.269 e. The number of nitro benzene ring substituents is 1. The Hall–Kier alpha value is -3.35. The third-order valence-electron chi connectivity index (χ3n) is 4.48. The van der Waals surface area contributed by atoms with Crippen molar-refractivity contribution >= 4 is 40.0 Å². The van der Waals surface area contributed by atoms with Crippen LogP contribution in [0.1, 0.15) is 11.1 Å². The van der Waals surface area contributed by atoms with Crippen LogP contribution in [0.15, 0.2) is 77.8 Å². The molecule has 0 fully saturated rings. The normalized spacial score (nSPS) is 11.1. The SMILES string of the molecule is Cc1ccc(C=Nc2nc(-c3ccc(Cl)cc3)c(-c3ccc([N+](=O)[O-])cc3)s2)cc1. The second kappa shape index (κ2) is 8.57. The predicted molar refractivity (Wildman–Crippen MR) is 123 cm³/mol. The first kappa shape index (κ1) is 19.9. The van der Waals surface area contributed by atoms with Gasteiger partial charge in [0.1, 0.15) is 0 Å². The molecule has 1 heterocycles. The smallest absolute Gasteiger partial charge is 0.258 e. The summed E-state index contributed by atoms with van der Waals surface area (Å²) >= 11 is 7.47. The molecule has 0 bridgehead atoms. The molecule has 0 radical (unpaired) electrons. The molecular weight excluding hydrogens is 418 g/mol. The summed E-state index contributed by atoms with van der Waals surface area (Å²) in [5, 5.41) is 12.2. The molecular formula is C23H16ClN3O2S. The number of thiazole rings is 1. The van der Waals surface area contributed by atoms with Crippen LogP contribution in [0.5, 0.6) is 0 Å². The van der Waals surface area contributed by atoms with Crippen molar-refractivity contribution in [2.24, 2.45) is 4.99 Å². The highest BCUT2D eigenvalue weighted by Gasteiger charge is 2.16. The quantitative estimate of drug-likeness (QED) is 0.191. The topological polar surface area (TPSA) is 68.4 Å². The standard InChI is InChI=1S/C23H16ClN3O2S/c1-15-2-4-16(5-3-15)14-25-23-26-21(17-6-10-19(24)11-7-17)22(30-23)18-8-12-20(13-9-18)27(28)29/h2-14H,1H3. The Morgan fingerprint density at radius 2 is 1.60 bits per heavy atom. The Labute approximate surface area is 182 Å². The average molecular weight is 434 g/mol. The van der Waals surface area contributed by atoms with E-state index in [0.29, 0.717) is 10.2 Å². The van der Waals surface area contributed by atoms with Crippen LogP contribution < -0.4 is 0 Å². The average Bonchev–Trinajstić information content (AvgIpc) is 3.18. The number of nitrogens with zero attached hydrogens (tertiary/aromatic N) is 3. The molecule has 148 valence electrons. The van der Waals surface area contributed by atoms with Crippen LogP contribution in [0.3, 0.4) is 0 Å². The lowest BCUT2D eigenvalue weighted by Crippen LogP contribution is -1.87. The lowest BCUT2D eigenvalue weighted by Gasteiger charge is -2.03. The highest BCUT2D eigenvalue weighted by Crippen LogP contribution is 2.40. The Balaban J connectivity index is 1.75. The van der Waals surface area contributed by atoms with Crippen molar-refractivity contribution in [1.82, 2.24) is 4.98 Å². The minimum absolute atomic E-state index is 0.0499. The second-order valence-corrected chi connectivity index (χ2v) is 8.07. The van der Waals surface area contributed by atoms with Gasteiger partial charge in [-0.3, -0.25) is 10.1 Å². The van der Waals surface area contributed by atoms with E-state index >= 15 is 0 Å². The highest BCUT2D eigenvalue weighted by atomic mass is 35.5. The van der Waals surface area contributed by atoms with E-state index in [1.165, 1.54) is 29.0 Å². The van der Waals surface area contributed by atoms with Gasteiger partial charge in [0.2, 0.25) is 5.13 Å². The van der Waals surface area contributed by atoms with E-state index in [1.54, 1.807) is 18.3 Å². The van der Waals surface area contributed by atoms with Crippen LogP contribution in [-0.4, -0.2) is 16.1 Å². The first-order valence-corrected chi connectivity index (χ1v) is 10.3. The van der Waals surface area contributed by atoms with Crippen molar-refractivity contribution in [1.29, 1.82) is 0 Å². The minimum Gasteiger partial charge on any atom is -0.258 e. The summed E-state index contributed by atoms with van der Waals surface area (Å²) in [5.74, 6) is 0. The number of hydrogen-bond acceptors (Lipinski definition) is 5. The first-order chi connectivity index (χ1) is 14.5. The number of rotatable bonds is 5. The van der Waals surface area contributed by atoms with Gasteiger partial charge >= 0.3 is 0 Å². The van der Waals surface area contributed by atoms with Crippen molar-refractivity contribution < 1.29 is 4.92 Å². The van der Waals surface area contributed by atoms with E-state index in [4.69, 9.17) is 16.6 Å². The van der Waals surface area contributed by atoms with Crippen LogP contribution in [0.2, 0.25) is 5.02 Å². The molecule has 30 heavy (non-hydrogen) atoms. The van der Waals surface area contributed by atoms with Gasteiger partial charge in [-0.2, -0.15) is 0 Å². The fourth-order valence-electron chi connectivity index (χ4n) is 2.88. The molecule has 0 N–H and O–H groups in total. The molecule has 0 spiro atoms. The van der Waals surface area contributed by atoms with E-state index in [1.807, 2.05) is 55.5 Å². The Morgan fingerprint density at radius 1 is 0.967 bits per heavy atom. The molecule has 7 heteroatoms. The zero-order valence-electron chi connectivity index (χ0n) is 15.9. The van der Waals surface area contributed by atoms with Gasteiger partial charge in [0.05, 0.1) is 15.5 Å². The number of non-ortho nitro benzene ring substituents is 1. The molecule has 0 amide bonds. The summed E-state index contributed by atoms with van der Waals surface area (Å²) in [7, 11) is 0. The van der Waals surface area contributed by atoms with Crippen molar-refractivity contribution in [2.75, 3.05) is 0 Å². The molecule has 4 aromatic rings. The monoisotopic (exact) mass is 433 g/mol. The Morgan fingerprint density at radius 3 is 2.23 bits per heavy atom. The third kappa shape index (κ3) is 4.45. The van der Waals surface area contributed by atoms with Crippen molar-refractivity contribution in [3.63, 3.8) is 0 Å². The van der Waals surface area contributed by atoms with Gasteiger partial charge in [-0.25, -0.2) is 9.98 Å². The number of benzene rings is 3. The first-order valence-electron chi connectivity index (χ1n) is 9.12. The number of aromatic nitrogens is 1. The summed E-state index contributed by atoms with van der Waals surface area (Å²) in [4.78, 5) is 20.7. The Kier molecular flexibility index (Phi) is 5.70. The molecule has 3 aromatic carbocycles.